The van der Waals surface area contributed by atoms with E-state index in [2.05, 4.69) is 0 Å². The zero-order valence-electron chi connectivity index (χ0n) is 19.1. The first-order valence-corrected chi connectivity index (χ1v) is 11.7. The maximum Gasteiger partial charge on any atom is 0.254 e. The maximum atomic E-state index is 13.7. The van der Waals surface area contributed by atoms with Crippen LogP contribution in [-0.4, -0.2) is 34.7 Å². The fourth-order valence-corrected chi connectivity index (χ4v) is 4.43. The minimum Gasteiger partial charge on any atom is -0.332 e. The van der Waals surface area contributed by atoms with Crippen LogP contribution in [-0.2, 0) is 17.9 Å². The van der Waals surface area contributed by atoms with Gasteiger partial charge in [-0.15, -0.1) is 11.3 Å². The standard InChI is InChI=1S/C26H28F2N2O2S/c1-18(2)14-30(26(32)21-5-4-6-23(28)13-21)17-25(31)29(16-24-19(3)11-12-33-24)15-20-7-9-22(27)10-8-20/h4-13,18H,14-17H2,1-3H3. The van der Waals surface area contributed by atoms with Gasteiger partial charge in [-0.2, -0.15) is 0 Å². The SMILES string of the molecule is Cc1ccsc1CN(Cc1ccc(F)cc1)C(=O)CN(CC(C)C)C(=O)c1cccc(F)c1. The summed E-state index contributed by atoms with van der Waals surface area (Å²) in [5.74, 6) is -1.32. The van der Waals surface area contributed by atoms with Gasteiger partial charge in [-0.1, -0.05) is 32.0 Å². The number of nitrogens with zero attached hydrogens (tertiary/aromatic N) is 2. The monoisotopic (exact) mass is 470 g/mol. The molecule has 0 radical (unpaired) electrons. The highest BCUT2D eigenvalue weighted by molar-refractivity contribution is 7.10. The molecule has 33 heavy (non-hydrogen) atoms. The molecule has 1 aromatic heterocycles. The summed E-state index contributed by atoms with van der Waals surface area (Å²) in [6, 6.07) is 13.5. The number of carbonyl (C=O) groups excluding carboxylic acids is 2. The second-order valence-electron chi connectivity index (χ2n) is 8.49. The van der Waals surface area contributed by atoms with Gasteiger partial charge in [-0.05, 0) is 65.7 Å². The molecule has 3 rings (SSSR count). The third kappa shape index (κ3) is 6.96. The number of hydrogen-bond donors (Lipinski definition) is 0. The van der Waals surface area contributed by atoms with Crippen LogP contribution in [0.25, 0.3) is 0 Å². The first kappa shape index (κ1) is 24.6. The van der Waals surface area contributed by atoms with Gasteiger partial charge in [0.25, 0.3) is 5.91 Å². The third-order valence-corrected chi connectivity index (χ3v) is 6.22. The summed E-state index contributed by atoms with van der Waals surface area (Å²) in [4.78, 5) is 30.7. The summed E-state index contributed by atoms with van der Waals surface area (Å²) < 4.78 is 27.1. The number of carbonyl (C=O) groups is 2. The van der Waals surface area contributed by atoms with Gasteiger partial charge >= 0.3 is 0 Å². The lowest BCUT2D eigenvalue weighted by atomic mass is 10.1. The molecule has 0 atom stereocenters. The number of rotatable bonds is 9. The molecular formula is C26H28F2N2O2S. The van der Waals surface area contributed by atoms with E-state index in [1.807, 2.05) is 32.2 Å². The minimum atomic E-state index is -0.497. The highest BCUT2D eigenvalue weighted by atomic mass is 32.1. The molecule has 2 aromatic carbocycles. The summed E-state index contributed by atoms with van der Waals surface area (Å²) >= 11 is 1.57. The van der Waals surface area contributed by atoms with Crippen molar-refractivity contribution in [1.82, 2.24) is 9.80 Å². The molecule has 0 fully saturated rings. The molecule has 0 aliphatic heterocycles. The normalized spacial score (nSPS) is 11.0. The van der Waals surface area contributed by atoms with Gasteiger partial charge in [0.15, 0.2) is 0 Å². The number of aryl methyl sites for hydroxylation is 1. The van der Waals surface area contributed by atoms with Crippen LogP contribution in [0.2, 0.25) is 0 Å². The molecule has 0 bridgehead atoms. The van der Waals surface area contributed by atoms with Crippen molar-refractivity contribution in [2.24, 2.45) is 5.92 Å². The van der Waals surface area contributed by atoms with Gasteiger partial charge in [0.05, 0.1) is 6.54 Å². The Kier molecular flexibility index (Phi) is 8.33. The molecule has 0 spiro atoms. The Balaban J connectivity index is 1.84. The van der Waals surface area contributed by atoms with Crippen LogP contribution in [0.15, 0.2) is 60.0 Å². The molecule has 2 amide bonds. The first-order chi connectivity index (χ1) is 15.7. The number of benzene rings is 2. The number of thiophene rings is 1. The highest BCUT2D eigenvalue weighted by Crippen LogP contribution is 2.20. The summed E-state index contributed by atoms with van der Waals surface area (Å²) in [6.07, 6.45) is 0. The fraction of sp³-hybridized carbons (Fsp3) is 0.308. The van der Waals surface area contributed by atoms with Crippen molar-refractivity contribution in [1.29, 1.82) is 0 Å². The Morgan fingerprint density at radius 1 is 0.939 bits per heavy atom. The van der Waals surface area contributed by atoms with Crippen molar-refractivity contribution < 1.29 is 18.4 Å². The Bertz CT molecular complexity index is 1100. The highest BCUT2D eigenvalue weighted by Gasteiger charge is 2.24. The van der Waals surface area contributed by atoms with Crippen LogP contribution in [0, 0.1) is 24.5 Å². The lowest BCUT2D eigenvalue weighted by Crippen LogP contribution is -2.43. The molecule has 4 nitrogen and oxygen atoms in total. The van der Waals surface area contributed by atoms with Crippen molar-refractivity contribution in [3.63, 3.8) is 0 Å². The lowest BCUT2D eigenvalue weighted by molar-refractivity contribution is -0.133. The van der Waals surface area contributed by atoms with Crippen LogP contribution in [0.4, 0.5) is 8.78 Å². The lowest BCUT2D eigenvalue weighted by Gasteiger charge is -2.29. The van der Waals surface area contributed by atoms with E-state index >= 15 is 0 Å². The van der Waals surface area contributed by atoms with Gasteiger partial charge in [0.2, 0.25) is 5.91 Å². The van der Waals surface area contributed by atoms with Crippen LogP contribution in [0.3, 0.4) is 0 Å². The topological polar surface area (TPSA) is 40.6 Å². The molecular weight excluding hydrogens is 442 g/mol. The quantitative estimate of drug-likeness (QED) is 0.405. The molecule has 0 aliphatic carbocycles. The Morgan fingerprint density at radius 3 is 2.27 bits per heavy atom. The van der Waals surface area contributed by atoms with E-state index in [1.165, 1.54) is 35.2 Å². The fourth-order valence-electron chi connectivity index (χ4n) is 3.51. The molecule has 0 unspecified atom stereocenters. The minimum absolute atomic E-state index is 0.125. The van der Waals surface area contributed by atoms with Crippen molar-refractivity contribution >= 4 is 23.2 Å². The second-order valence-corrected chi connectivity index (χ2v) is 9.49. The zero-order chi connectivity index (χ0) is 24.0. The van der Waals surface area contributed by atoms with Crippen molar-refractivity contribution in [2.75, 3.05) is 13.1 Å². The van der Waals surface area contributed by atoms with Gasteiger partial charge in [0.1, 0.15) is 18.2 Å². The van der Waals surface area contributed by atoms with Crippen LogP contribution < -0.4 is 0 Å². The number of amides is 2. The van der Waals surface area contributed by atoms with Gasteiger partial charge in [-0.3, -0.25) is 9.59 Å². The molecule has 0 aliphatic rings. The summed E-state index contributed by atoms with van der Waals surface area (Å²) in [6.45, 7) is 6.83. The molecule has 7 heteroatoms. The van der Waals surface area contributed by atoms with E-state index in [1.54, 1.807) is 34.4 Å². The molecule has 174 valence electrons. The van der Waals surface area contributed by atoms with E-state index in [0.717, 1.165) is 16.0 Å². The second kappa shape index (κ2) is 11.2. The molecule has 3 aromatic rings. The largest absolute Gasteiger partial charge is 0.332 e. The molecule has 0 saturated carbocycles. The van der Waals surface area contributed by atoms with E-state index in [4.69, 9.17) is 0 Å². The van der Waals surface area contributed by atoms with Gasteiger partial charge in [0, 0.05) is 23.5 Å². The van der Waals surface area contributed by atoms with Crippen molar-refractivity contribution in [3.8, 4) is 0 Å². The Labute approximate surface area is 197 Å². The predicted molar refractivity (Wildman–Crippen MR) is 127 cm³/mol. The van der Waals surface area contributed by atoms with Crippen LogP contribution in [0.1, 0.15) is 40.2 Å². The van der Waals surface area contributed by atoms with Crippen LogP contribution >= 0.6 is 11.3 Å². The molecule has 1 heterocycles. The Hall–Kier alpha value is -3.06. The summed E-state index contributed by atoms with van der Waals surface area (Å²) in [7, 11) is 0. The average Bonchev–Trinajstić information content (AvgIpc) is 3.17. The third-order valence-electron chi connectivity index (χ3n) is 5.21. The smallest absolute Gasteiger partial charge is 0.254 e. The molecule has 0 N–H and O–H groups in total. The predicted octanol–water partition coefficient (Wildman–Crippen LogP) is 5.66. The van der Waals surface area contributed by atoms with E-state index in [9.17, 15) is 18.4 Å². The molecule has 0 saturated heterocycles. The van der Waals surface area contributed by atoms with Gasteiger partial charge < -0.3 is 9.80 Å². The first-order valence-electron chi connectivity index (χ1n) is 10.8. The number of hydrogen-bond acceptors (Lipinski definition) is 3. The summed E-state index contributed by atoms with van der Waals surface area (Å²) in [5, 5.41) is 1.98. The van der Waals surface area contributed by atoms with E-state index in [0.29, 0.717) is 19.6 Å². The van der Waals surface area contributed by atoms with E-state index < -0.39 is 5.82 Å². The Morgan fingerprint density at radius 2 is 1.67 bits per heavy atom. The van der Waals surface area contributed by atoms with Crippen LogP contribution in [0.5, 0.6) is 0 Å². The van der Waals surface area contributed by atoms with Crippen molar-refractivity contribution in [2.45, 2.75) is 33.9 Å². The van der Waals surface area contributed by atoms with Crippen molar-refractivity contribution in [3.05, 3.63) is 93.2 Å². The number of halogens is 2. The van der Waals surface area contributed by atoms with Gasteiger partial charge in [-0.25, -0.2) is 8.78 Å². The average molecular weight is 471 g/mol. The maximum absolute atomic E-state index is 13.7. The summed E-state index contributed by atoms with van der Waals surface area (Å²) in [5.41, 5.74) is 2.10. The zero-order valence-corrected chi connectivity index (χ0v) is 19.9. The van der Waals surface area contributed by atoms with E-state index in [-0.39, 0.29) is 35.7 Å².